The van der Waals surface area contributed by atoms with Crippen LogP contribution in [0.5, 0.6) is 0 Å². The molecule has 1 aliphatic heterocycles. The van der Waals surface area contributed by atoms with Gasteiger partial charge in [0.15, 0.2) is 0 Å². The zero-order valence-electron chi connectivity index (χ0n) is 7.67. The predicted molar refractivity (Wildman–Crippen MR) is 51.1 cm³/mol. The topological polar surface area (TPSA) is 61.8 Å². The molecule has 0 aliphatic carbocycles. The lowest BCUT2D eigenvalue weighted by Crippen LogP contribution is -2.28. The average molecular weight is 225 g/mol. The van der Waals surface area contributed by atoms with Gasteiger partial charge in [-0.2, -0.15) is 0 Å². The summed E-state index contributed by atoms with van der Waals surface area (Å²) in [5.41, 5.74) is 0. The van der Waals surface area contributed by atoms with E-state index >= 15 is 0 Å². The Balaban J connectivity index is 2.54. The van der Waals surface area contributed by atoms with Gasteiger partial charge in [-0.05, 0) is 20.1 Å². The molecule has 1 heterocycles. The van der Waals surface area contributed by atoms with E-state index in [1.54, 1.807) is 0 Å². The summed E-state index contributed by atoms with van der Waals surface area (Å²) in [7, 11) is 0. The van der Waals surface area contributed by atoms with Crippen LogP contribution in [-0.4, -0.2) is 36.7 Å². The van der Waals surface area contributed by atoms with Gasteiger partial charge >= 0.3 is 0 Å². The van der Waals surface area contributed by atoms with Gasteiger partial charge in [-0.3, -0.25) is 0 Å². The third-order valence-corrected chi connectivity index (χ3v) is 2.80. The molecule has 0 saturated carbocycles. The molecule has 0 aromatic carbocycles. The summed E-state index contributed by atoms with van der Waals surface area (Å²) in [4.78, 5) is 11.2. The summed E-state index contributed by atoms with van der Waals surface area (Å²) in [6.07, 6.45) is -0.0390. The molecule has 1 fully saturated rings. The lowest BCUT2D eigenvalue weighted by Gasteiger charge is -2.28. The standard InChI is InChI=1S/C7H15O4PS/c1-5-3-6(7(4-8)10-5)11-12(2,9)13/h5-8H,3-4H2,1-2H3,(H,9,13)/p-1/t5-,6?,7+,12?/m0/s1. The number of ether oxygens (including phenoxy) is 1. The van der Waals surface area contributed by atoms with Crippen LogP contribution in [0.3, 0.4) is 0 Å². The van der Waals surface area contributed by atoms with Crippen molar-refractivity contribution < 1.29 is 19.3 Å². The van der Waals surface area contributed by atoms with Crippen molar-refractivity contribution in [1.82, 2.24) is 0 Å². The molecule has 78 valence electrons. The van der Waals surface area contributed by atoms with Crippen LogP contribution < -0.4 is 4.89 Å². The van der Waals surface area contributed by atoms with Crippen molar-refractivity contribution in [3.05, 3.63) is 0 Å². The maximum absolute atomic E-state index is 11.2. The second kappa shape index (κ2) is 4.34. The Morgan fingerprint density at radius 3 is 2.85 bits per heavy atom. The van der Waals surface area contributed by atoms with E-state index in [1.807, 2.05) is 6.92 Å². The Morgan fingerprint density at radius 1 is 1.77 bits per heavy atom. The number of aliphatic hydroxyl groups excluding tert-OH is 1. The fourth-order valence-electron chi connectivity index (χ4n) is 1.44. The van der Waals surface area contributed by atoms with Gasteiger partial charge in [-0.15, -0.1) is 0 Å². The highest BCUT2D eigenvalue weighted by molar-refractivity contribution is 8.08. The summed E-state index contributed by atoms with van der Waals surface area (Å²) in [5, 5.41) is 8.92. The van der Waals surface area contributed by atoms with Crippen molar-refractivity contribution in [2.24, 2.45) is 0 Å². The second-order valence-electron chi connectivity index (χ2n) is 3.32. The minimum atomic E-state index is -2.90. The van der Waals surface area contributed by atoms with Crippen molar-refractivity contribution in [2.75, 3.05) is 13.3 Å². The molecule has 1 N–H and O–H groups in total. The minimum Gasteiger partial charge on any atom is -0.801 e. The van der Waals surface area contributed by atoms with Crippen molar-refractivity contribution >= 4 is 18.3 Å². The Labute approximate surface area is 83.0 Å². The molecule has 6 heteroatoms. The SMILES string of the molecule is C[C@H]1CC(OP(C)([O-])=S)[C@@H](CO)O1. The van der Waals surface area contributed by atoms with Crippen molar-refractivity contribution in [3.8, 4) is 0 Å². The van der Waals surface area contributed by atoms with E-state index in [1.165, 1.54) is 6.66 Å². The van der Waals surface area contributed by atoms with E-state index in [9.17, 15) is 4.89 Å². The lowest BCUT2D eigenvalue weighted by molar-refractivity contribution is -0.186. The van der Waals surface area contributed by atoms with Gasteiger partial charge < -0.3 is 19.3 Å². The first-order valence-electron chi connectivity index (χ1n) is 4.15. The minimum absolute atomic E-state index is 0.0312. The van der Waals surface area contributed by atoms with Gasteiger partial charge in [-0.25, -0.2) is 0 Å². The highest BCUT2D eigenvalue weighted by Crippen LogP contribution is 2.38. The van der Waals surface area contributed by atoms with Gasteiger partial charge in [-0.1, -0.05) is 11.8 Å². The Hall–Kier alpha value is 0.490. The molecule has 0 amide bonds. The summed E-state index contributed by atoms with van der Waals surface area (Å²) in [6.45, 7) is 0.253. The molecule has 4 atom stereocenters. The van der Waals surface area contributed by atoms with Crippen LogP contribution >= 0.6 is 6.49 Å². The van der Waals surface area contributed by atoms with E-state index < -0.39 is 6.49 Å². The van der Waals surface area contributed by atoms with E-state index in [-0.39, 0.29) is 24.9 Å². The molecule has 13 heavy (non-hydrogen) atoms. The van der Waals surface area contributed by atoms with Crippen LogP contribution in [-0.2, 0) is 21.1 Å². The van der Waals surface area contributed by atoms with Crippen LogP contribution in [0, 0.1) is 0 Å². The summed E-state index contributed by atoms with van der Waals surface area (Å²) < 4.78 is 10.5. The van der Waals surface area contributed by atoms with Crippen LogP contribution in [0.15, 0.2) is 0 Å². The zero-order valence-corrected chi connectivity index (χ0v) is 9.38. The van der Waals surface area contributed by atoms with Gasteiger partial charge in [0.1, 0.15) is 6.10 Å². The molecule has 1 rings (SSSR count). The summed E-state index contributed by atoms with van der Waals surface area (Å²) in [5.74, 6) is 0. The van der Waals surface area contributed by atoms with Crippen molar-refractivity contribution in [3.63, 3.8) is 0 Å². The van der Waals surface area contributed by atoms with Crippen LogP contribution in [0.25, 0.3) is 0 Å². The van der Waals surface area contributed by atoms with Gasteiger partial charge in [0.2, 0.25) is 0 Å². The molecule has 0 bridgehead atoms. The maximum atomic E-state index is 11.2. The van der Waals surface area contributed by atoms with Crippen molar-refractivity contribution in [2.45, 2.75) is 31.7 Å². The first-order chi connectivity index (χ1) is 5.92. The van der Waals surface area contributed by atoms with Crippen LogP contribution in [0.4, 0.5) is 0 Å². The molecule has 4 nitrogen and oxygen atoms in total. The fraction of sp³-hybridized carbons (Fsp3) is 1.00. The molecular weight excluding hydrogens is 211 g/mol. The largest absolute Gasteiger partial charge is 0.801 e. The van der Waals surface area contributed by atoms with Gasteiger partial charge in [0, 0.05) is 6.42 Å². The van der Waals surface area contributed by atoms with E-state index in [4.69, 9.17) is 14.4 Å². The van der Waals surface area contributed by atoms with Crippen LogP contribution in [0.2, 0.25) is 0 Å². The number of rotatable bonds is 3. The normalized spacial score (nSPS) is 38.9. The zero-order chi connectivity index (χ0) is 10.1. The predicted octanol–water partition coefficient (Wildman–Crippen LogP) is -0.159. The summed E-state index contributed by atoms with van der Waals surface area (Å²) in [6, 6.07) is 0. The molecule has 1 aliphatic rings. The number of hydrogen-bond donors (Lipinski definition) is 1. The van der Waals surface area contributed by atoms with Crippen molar-refractivity contribution in [1.29, 1.82) is 0 Å². The Kier molecular flexibility index (Phi) is 3.86. The Morgan fingerprint density at radius 2 is 2.38 bits per heavy atom. The number of hydrogen-bond acceptors (Lipinski definition) is 5. The average Bonchev–Trinajstić information content (AvgIpc) is 2.27. The van der Waals surface area contributed by atoms with E-state index in [2.05, 4.69) is 11.8 Å². The summed E-state index contributed by atoms with van der Waals surface area (Å²) >= 11 is 4.66. The van der Waals surface area contributed by atoms with Crippen LogP contribution in [0.1, 0.15) is 13.3 Å². The quantitative estimate of drug-likeness (QED) is 0.676. The third kappa shape index (κ3) is 3.62. The first kappa shape index (κ1) is 11.6. The van der Waals surface area contributed by atoms with Gasteiger partial charge in [0.05, 0.1) is 18.8 Å². The Bertz CT molecular complexity index is 217. The molecule has 1 saturated heterocycles. The first-order valence-corrected chi connectivity index (χ1v) is 7.24. The van der Waals surface area contributed by atoms with E-state index in [0.717, 1.165) is 0 Å². The second-order valence-corrected chi connectivity index (χ2v) is 7.06. The molecule has 0 aromatic heterocycles. The highest BCUT2D eigenvalue weighted by Gasteiger charge is 2.33. The lowest BCUT2D eigenvalue weighted by atomic mass is 10.1. The number of aliphatic hydroxyl groups is 1. The molecule has 0 radical (unpaired) electrons. The maximum Gasteiger partial charge on any atom is 0.107 e. The molecule has 0 spiro atoms. The monoisotopic (exact) mass is 225 g/mol. The molecule has 2 unspecified atom stereocenters. The van der Waals surface area contributed by atoms with E-state index in [0.29, 0.717) is 6.42 Å². The highest BCUT2D eigenvalue weighted by atomic mass is 32.5. The third-order valence-electron chi connectivity index (χ3n) is 1.89. The molecule has 0 aromatic rings. The molecular formula is C7H14O4PS-. The van der Waals surface area contributed by atoms with Gasteiger partial charge in [0.25, 0.3) is 0 Å². The fourth-order valence-corrected chi connectivity index (χ4v) is 2.48. The smallest absolute Gasteiger partial charge is 0.107 e.